The van der Waals surface area contributed by atoms with Crippen molar-refractivity contribution in [2.45, 2.75) is 32.4 Å². The summed E-state index contributed by atoms with van der Waals surface area (Å²) < 4.78 is 0. The quantitative estimate of drug-likeness (QED) is 0.933. The van der Waals surface area contributed by atoms with Crippen LogP contribution in [0.5, 0.6) is 0 Å². The Kier molecular flexibility index (Phi) is 4.20. The van der Waals surface area contributed by atoms with Gasteiger partial charge >= 0.3 is 0 Å². The summed E-state index contributed by atoms with van der Waals surface area (Å²) in [6.45, 7) is 5.07. The maximum absolute atomic E-state index is 6.12. The Hall–Kier alpha value is -1.16. The van der Waals surface area contributed by atoms with Crippen LogP contribution < -0.4 is 5.73 Å². The Morgan fingerprint density at radius 3 is 2.95 bits per heavy atom. The number of hydrogen-bond acceptors (Lipinski definition) is 3. The summed E-state index contributed by atoms with van der Waals surface area (Å²) >= 11 is 1.89. The molecule has 3 heteroatoms. The van der Waals surface area contributed by atoms with Gasteiger partial charge in [0.05, 0.1) is 0 Å². The maximum atomic E-state index is 6.12. The van der Waals surface area contributed by atoms with Crippen LogP contribution >= 0.6 is 11.3 Å². The number of hydrogen-bond donors (Lipinski definition) is 1. The van der Waals surface area contributed by atoms with Gasteiger partial charge in [-0.15, -0.1) is 11.3 Å². The van der Waals surface area contributed by atoms with Crippen LogP contribution in [0.1, 0.15) is 34.5 Å². The van der Waals surface area contributed by atoms with Gasteiger partial charge in [-0.2, -0.15) is 0 Å². The third-order valence-corrected chi connectivity index (χ3v) is 5.32. The van der Waals surface area contributed by atoms with E-state index in [2.05, 4.69) is 47.5 Å². The first-order chi connectivity index (χ1) is 9.83. The molecule has 0 amide bonds. The van der Waals surface area contributed by atoms with Crippen LogP contribution in [-0.4, -0.2) is 18.0 Å². The molecule has 1 unspecified atom stereocenters. The van der Waals surface area contributed by atoms with Gasteiger partial charge in [-0.3, -0.25) is 4.90 Å². The largest absolute Gasteiger partial charge is 0.329 e. The lowest BCUT2D eigenvalue weighted by atomic mass is 9.95. The summed E-state index contributed by atoms with van der Waals surface area (Å²) in [7, 11) is 0. The van der Waals surface area contributed by atoms with Gasteiger partial charge in [0, 0.05) is 30.6 Å². The molecule has 2 nitrogen and oxygen atoms in total. The molecule has 0 bridgehead atoms. The van der Waals surface area contributed by atoms with Crippen LogP contribution in [0.2, 0.25) is 0 Å². The predicted octanol–water partition coefficient (Wildman–Crippen LogP) is 3.37. The highest BCUT2D eigenvalue weighted by atomic mass is 32.1. The van der Waals surface area contributed by atoms with Gasteiger partial charge in [0.15, 0.2) is 0 Å². The van der Waals surface area contributed by atoms with Gasteiger partial charge in [0.2, 0.25) is 0 Å². The number of nitrogens with two attached hydrogens (primary N) is 1. The lowest BCUT2D eigenvalue weighted by Gasteiger charge is -2.35. The third-order valence-electron chi connectivity index (χ3n) is 4.30. The molecule has 2 heterocycles. The molecule has 0 spiro atoms. The summed E-state index contributed by atoms with van der Waals surface area (Å²) in [6.07, 6.45) is 2.24. The highest BCUT2D eigenvalue weighted by Crippen LogP contribution is 2.31. The van der Waals surface area contributed by atoms with Crippen LogP contribution in [0.25, 0.3) is 0 Å². The second kappa shape index (κ2) is 6.08. The van der Waals surface area contributed by atoms with Crippen molar-refractivity contribution < 1.29 is 0 Å². The van der Waals surface area contributed by atoms with Gasteiger partial charge in [-0.1, -0.05) is 31.2 Å². The summed E-state index contributed by atoms with van der Waals surface area (Å²) in [5, 5.41) is 2.21. The van der Waals surface area contributed by atoms with Crippen LogP contribution in [0.4, 0.5) is 0 Å². The molecule has 1 aromatic heterocycles. The molecular formula is C17H22N2S. The van der Waals surface area contributed by atoms with E-state index >= 15 is 0 Å². The molecule has 0 radical (unpaired) electrons. The molecule has 3 rings (SSSR count). The zero-order valence-corrected chi connectivity index (χ0v) is 12.8. The van der Waals surface area contributed by atoms with Crippen molar-refractivity contribution in [3.05, 3.63) is 57.3 Å². The minimum absolute atomic E-state index is 0.346. The van der Waals surface area contributed by atoms with E-state index < -0.39 is 0 Å². The van der Waals surface area contributed by atoms with Crippen LogP contribution in [0, 0.1) is 0 Å². The summed E-state index contributed by atoms with van der Waals surface area (Å²) in [5.74, 6) is 0. The lowest BCUT2D eigenvalue weighted by Crippen LogP contribution is -2.37. The molecule has 1 aliphatic rings. The van der Waals surface area contributed by atoms with Gasteiger partial charge in [0.1, 0.15) is 0 Å². The van der Waals surface area contributed by atoms with Crippen molar-refractivity contribution in [1.29, 1.82) is 0 Å². The monoisotopic (exact) mass is 286 g/mol. The van der Waals surface area contributed by atoms with Crippen LogP contribution in [0.15, 0.2) is 35.7 Å². The van der Waals surface area contributed by atoms with Gasteiger partial charge in [-0.25, -0.2) is 0 Å². The molecule has 0 aliphatic carbocycles. The van der Waals surface area contributed by atoms with E-state index in [1.54, 1.807) is 4.88 Å². The smallest absolute Gasteiger partial charge is 0.0476 e. The zero-order valence-electron chi connectivity index (χ0n) is 12.0. The first-order valence-electron chi connectivity index (χ1n) is 7.40. The van der Waals surface area contributed by atoms with E-state index in [4.69, 9.17) is 5.73 Å². The van der Waals surface area contributed by atoms with Crippen molar-refractivity contribution in [2.75, 3.05) is 13.1 Å². The van der Waals surface area contributed by atoms with Crippen LogP contribution in [0.3, 0.4) is 0 Å². The van der Waals surface area contributed by atoms with E-state index in [1.807, 2.05) is 11.3 Å². The average Bonchev–Trinajstić information content (AvgIpc) is 2.96. The van der Waals surface area contributed by atoms with Crippen molar-refractivity contribution in [3.8, 4) is 0 Å². The third kappa shape index (κ3) is 2.53. The molecule has 20 heavy (non-hydrogen) atoms. The Morgan fingerprint density at radius 2 is 2.15 bits per heavy atom. The molecule has 1 atom stereocenters. The summed E-state index contributed by atoms with van der Waals surface area (Å²) in [6, 6.07) is 11.4. The number of nitrogens with zero attached hydrogens (tertiary/aromatic N) is 1. The van der Waals surface area contributed by atoms with E-state index in [0.29, 0.717) is 12.6 Å². The number of aryl methyl sites for hydroxylation is 1. The molecule has 2 aromatic rings. The van der Waals surface area contributed by atoms with Crippen LogP contribution in [-0.2, 0) is 19.4 Å². The maximum Gasteiger partial charge on any atom is 0.0476 e. The Bertz CT molecular complexity index is 576. The molecule has 106 valence electrons. The topological polar surface area (TPSA) is 29.3 Å². The van der Waals surface area contributed by atoms with Gasteiger partial charge in [-0.05, 0) is 41.0 Å². The van der Waals surface area contributed by atoms with E-state index in [1.165, 1.54) is 16.7 Å². The standard InChI is InChI=1S/C17H22N2S/c1-2-13-5-3-4-6-15(13)16(11-18)19-9-7-17-14(12-19)8-10-20-17/h3-6,8,10,16H,2,7,9,11-12,18H2,1H3. The van der Waals surface area contributed by atoms with Crippen molar-refractivity contribution in [1.82, 2.24) is 4.90 Å². The zero-order chi connectivity index (χ0) is 13.9. The fourth-order valence-electron chi connectivity index (χ4n) is 3.19. The van der Waals surface area contributed by atoms with Crippen molar-refractivity contribution >= 4 is 11.3 Å². The molecule has 1 aliphatic heterocycles. The molecule has 0 fully saturated rings. The Morgan fingerprint density at radius 1 is 1.30 bits per heavy atom. The SMILES string of the molecule is CCc1ccccc1C(CN)N1CCc2sccc2C1. The first-order valence-corrected chi connectivity index (χ1v) is 8.28. The minimum Gasteiger partial charge on any atom is -0.329 e. The fourth-order valence-corrected chi connectivity index (χ4v) is 4.08. The molecule has 2 N–H and O–H groups in total. The summed E-state index contributed by atoms with van der Waals surface area (Å²) in [4.78, 5) is 4.10. The second-order valence-corrected chi connectivity index (χ2v) is 6.39. The Labute approximate surface area is 125 Å². The van der Waals surface area contributed by atoms with E-state index in [-0.39, 0.29) is 0 Å². The molecular weight excluding hydrogens is 264 g/mol. The average molecular weight is 286 g/mol. The highest BCUT2D eigenvalue weighted by Gasteiger charge is 2.25. The normalized spacial score (nSPS) is 16.9. The molecule has 0 saturated carbocycles. The predicted molar refractivity (Wildman–Crippen MR) is 86.0 cm³/mol. The number of thiophene rings is 1. The molecule has 0 saturated heterocycles. The minimum atomic E-state index is 0.346. The fraction of sp³-hybridized carbons (Fsp3) is 0.412. The van der Waals surface area contributed by atoms with Gasteiger partial charge in [0.25, 0.3) is 0 Å². The van der Waals surface area contributed by atoms with Crippen molar-refractivity contribution in [3.63, 3.8) is 0 Å². The van der Waals surface area contributed by atoms with E-state index in [0.717, 1.165) is 25.9 Å². The molecule has 1 aromatic carbocycles. The first kappa shape index (κ1) is 13.8. The number of benzene rings is 1. The van der Waals surface area contributed by atoms with E-state index in [9.17, 15) is 0 Å². The summed E-state index contributed by atoms with van der Waals surface area (Å²) in [5.41, 5.74) is 10.5. The second-order valence-electron chi connectivity index (χ2n) is 5.39. The number of fused-ring (bicyclic) bond motifs is 1. The number of rotatable bonds is 4. The highest BCUT2D eigenvalue weighted by molar-refractivity contribution is 7.10. The van der Waals surface area contributed by atoms with Gasteiger partial charge < -0.3 is 5.73 Å². The lowest BCUT2D eigenvalue weighted by molar-refractivity contribution is 0.184. The van der Waals surface area contributed by atoms with Crippen molar-refractivity contribution in [2.24, 2.45) is 5.73 Å². The Balaban J connectivity index is 1.87.